The van der Waals surface area contributed by atoms with Gasteiger partial charge < -0.3 is 4.90 Å². The van der Waals surface area contributed by atoms with E-state index < -0.39 is 0 Å². The van der Waals surface area contributed by atoms with Gasteiger partial charge in [-0.05, 0) is 34.6 Å². The van der Waals surface area contributed by atoms with Crippen molar-refractivity contribution in [2.75, 3.05) is 11.4 Å². The first-order chi connectivity index (χ1) is 6.49. The van der Waals surface area contributed by atoms with Crippen molar-refractivity contribution in [1.29, 1.82) is 0 Å². The molecule has 1 aromatic rings. The van der Waals surface area contributed by atoms with Crippen molar-refractivity contribution < 1.29 is 0 Å². The van der Waals surface area contributed by atoms with Crippen molar-refractivity contribution in [2.24, 2.45) is 0 Å². The Kier molecular flexibility index (Phi) is 3.13. The van der Waals surface area contributed by atoms with Crippen LogP contribution in [-0.2, 0) is 6.54 Å². The van der Waals surface area contributed by atoms with Gasteiger partial charge in [0.05, 0.1) is 0 Å². The number of aromatic nitrogens is 3. The van der Waals surface area contributed by atoms with Crippen molar-refractivity contribution in [1.82, 2.24) is 14.8 Å². The average molecular weight is 196 g/mol. The molecule has 0 aliphatic carbocycles. The summed E-state index contributed by atoms with van der Waals surface area (Å²) >= 11 is 0. The number of anilines is 1. The third kappa shape index (κ3) is 2.25. The van der Waals surface area contributed by atoms with Gasteiger partial charge >= 0.3 is 0 Å². The van der Waals surface area contributed by atoms with E-state index in [9.17, 15) is 0 Å². The summed E-state index contributed by atoms with van der Waals surface area (Å²) in [6.07, 6.45) is 1.78. The minimum Gasteiger partial charge on any atom is -0.335 e. The molecule has 0 atom stereocenters. The second-order valence-corrected chi connectivity index (χ2v) is 4.32. The lowest BCUT2D eigenvalue weighted by atomic mass is 10.1. The van der Waals surface area contributed by atoms with Crippen LogP contribution in [0.3, 0.4) is 0 Å². The summed E-state index contributed by atoms with van der Waals surface area (Å²) in [5.41, 5.74) is 0.0781. The van der Waals surface area contributed by atoms with Gasteiger partial charge in [0.1, 0.15) is 6.33 Å². The van der Waals surface area contributed by atoms with Crippen LogP contribution in [0, 0.1) is 0 Å². The molecule has 0 radical (unpaired) electrons. The molecule has 0 unspecified atom stereocenters. The predicted octanol–water partition coefficient (Wildman–Crippen LogP) is 1.92. The molecule has 1 aromatic heterocycles. The maximum atomic E-state index is 4.40. The van der Waals surface area contributed by atoms with E-state index in [1.54, 1.807) is 6.33 Å². The fourth-order valence-corrected chi connectivity index (χ4v) is 1.48. The van der Waals surface area contributed by atoms with Crippen molar-refractivity contribution in [3.63, 3.8) is 0 Å². The summed E-state index contributed by atoms with van der Waals surface area (Å²) in [7, 11) is 0. The SMILES string of the molecule is CCN(c1ncn(CC)n1)C(C)(C)C. The van der Waals surface area contributed by atoms with Crippen molar-refractivity contribution in [3.8, 4) is 0 Å². The van der Waals surface area contributed by atoms with Gasteiger partial charge in [-0.3, -0.25) is 4.68 Å². The summed E-state index contributed by atoms with van der Waals surface area (Å²) < 4.78 is 1.85. The number of hydrogen-bond acceptors (Lipinski definition) is 3. The maximum Gasteiger partial charge on any atom is 0.245 e. The molecule has 14 heavy (non-hydrogen) atoms. The molecule has 0 amide bonds. The van der Waals surface area contributed by atoms with E-state index in [2.05, 4.69) is 49.6 Å². The lowest BCUT2D eigenvalue weighted by Gasteiger charge is -2.33. The minimum atomic E-state index is 0.0781. The largest absolute Gasteiger partial charge is 0.335 e. The van der Waals surface area contributed by atoms with Gasteiger partial charge in [0.2, 0.25) is 5.95 Å². The van der Waals surface area contributed by atoms with E-state index >= 15 is 0 Å². The Labute approximate surface area is 85.9 Å². The zero-order valence-corrected chi connectivity index (χ0v) is 9.78. The van der Waals surface area contributed by atoms with Gasteiger partial charge in [0.25, 0.3) is 0 Å². The lowest BCUT2D eigenvalue weighted by molar-refractivity contribution is 0.500. The van der Waals surface area contributed by atoms with Gasteiger partial charge in [-0.1, -0.05) is 0 Å². The van der Waals surface area contributed by atoms with Gasteiger partial charge in [-0.2, -0.15) is 0 Å². The highest BCUT2D eigenvalue weighted by Crippen LogP contribution is 2.18. The molecule has 0 aliphatic heterocycles. The van der Waals surface area contributed by atoms with Gasteiger partial charge in [-0.15, -0.1) is 5.10 Å². The van der Waals surface area contributed by atoms with Gasteiger partial charge in [0, 0.05) is 18.6 Å². The Hall–Kier alpha value is -1.06. The first-order valence-corrected chi connectivity index (χ1v) is 5.16. The van der Waals surface area contributed by atoms with E-state index in [-0.39, 0.29) is 5.54 Å². The normalized spacial score (nSPS) is 11.8. The van der Waals surface area contributed by atoms with Crippen molar-refractivity contribution in [2.45, 2.75) is 46.7 Å². The fourth-order valence-electron chi connectivity index (χ4n) is 1.48. The van der Waals surface area contributed by atoms with E-state index in [4.69, 9.17) is 0 Å². The van der Waals surface area contributed by atoms with Crippen LogP contribution in [0.2, 0.25) is 0 Å². The summed E-state index contributed by atoms with van der Waals surface area (Å²) in [5, 5.41) is 4.40. The Morgan fingerprint density at radius 2 is 2.00 bits per heavy atom. The van der Waals surface area contributed by atoms with Crippen LogP contribution >= 0.6 is 0 Å². The number of hydrogen-bond donors (Lipinski definition) is 0. The lowest BCUT2D eigenvalue weighted by Crippen LogP contribution is -2.42. The molecule has 0 saturated heterocycles. The number of rotatable bonds is 3. The van der Waals surface area contributed by atoms with E-state index in [0.717, 1.165) is 19.0 Å². The molecule has 4 heteroatoms. The Bertz CT molecular complexity index is 285. The molecule has 1 rings (SSSR count). The molecule has 80 valence electrons. The molecular weight excluding hydrogens is 176 g/mol. The molecule has 0 bridgehead atoms. The third-order valence-corrected chi connectivity index (χ3v) is 2.22. The van der Waals surface area contributed by atoms with Crippen molar-refractivity contribution >= 4 is 5.95 Å². The molecule has 4 nitrogen and oxygen atoms in total. The molecule has 0 aromatic carbocycles. The summed E-state index contributed by atoms with van der Waals surface area (Å²) in [6.45, 7) is 12.5. The summed E-state index contributed by atoms with van der Waals surface area (Å²) in [6, 6.07) is 0. The van der Waals surface area contributed by atoms with E-state index in [1.807, 2.05) is 4.68 Å². The Morgan fingerprint density at radius 1 is 1.36 bits per heavy atom. The van der Waals surface area contributed by atoms with Crippen LogP contribution in [0.1, 0.15) is 34.6 Å². The van der Waals surface area contributed by atoms with Crippen LogP contribution in [0.5, 0.6) is 0 Å². The highest BCUT2D eigenvalue weighted by Gasteiger charge is 2.22. The Balaban J connectivity index is 2.90. The number of nitrogens with zero attached hydrogens (tertiary/aromatic N) is 4. The highest BCUT2D eigenvalue weighted by molar-refractivity contribution is 5.31. The minimum absolute atomic E-state index is 0.0781. The predicted molar refractivity (Wildman–Crippen MR) is 58.5 cm³/mol. The van der Waals surface area contributed by atoms with Crippen molar-refractivity contribution in [3.05, 3.63) is 6.33 Å². The van der Waals surface area contributed by atoms with Gasteiger partial charge in [0.15, 0.2) is 0 Å². The highest BCUT2D eigenvalue weighted by atomic mass is 15.4. The van der Waals surface area contributed by atoms with Gasteiger partial charge in [-0.25, -0.2) is 4.98 Å². The summed E-state index contributed by atoms with van der Waals surface area (Å²) in [5.74, 6) is 0.821. The maximum absolute atomic E-state index is 4.40. The van der Waals surface area contributed by atoms with Crippen LogP contribution < -0.4 is 4.90 Å². The first kappa shape index (κ1) is 11.0. The zero-order chi connectivity index (χ0) is 10.8. The standard InChI is InChI=1S/C10H20N4/c1-6-13-8-11-9(12-13)14(7-2)10(3,4)5/h8H,6-7H2,1-5H3. The molecule has 0 aliphatic rings. The average Bonchev–Trinajstić information content (AvgIpc) is 2.51. The number of aryl methyl sites for hydroxylation is 1. The molecule has 0 N–H and O–H groups in total. The van der Waals surface area contributed by atoms with Crippen LogP contribution in [0.15, 0.2) is 6.33 Å². The molecule has 0 fully saturated rings. The van der Waals surface area contributed by atoms with E-state index in [0.29, 0.717) is 0 Å². The second kappa shape index (κ2) is 3.98. The Morgan fingerprint density at radius 3 is 2.36 bits per heavy atom. The van der Waals surface area contributed by atoms with Crippen LogP contribution in [0.4, 0.5) is 5.95 Å². The first-order valence-electron chi connectivity index (χ1n) is 5.16. The zero-order valence-electron chi connectivity index (χ0n) is 9.78. The van der Waals surface area contributed by atoms with Crippen LogP contribution in [0.25, 0.3) is 0 Å². The van der Waals surface area contributed by atoms with E-state index in [1.165, 1.54) is 0 Å². The molecular formula is C10H20N4. The summed E-state index contributed by atoms with van der Waals surface area (Å²) in [4.78, 5) is 6.50. The smallest absolute Gasteiger partial charge is 0.245 e. The molecule has 0 saturated carbocycles. The quantitative estimate of drug-likeness (QED) is 0.740. The topological polar surface area (TPSA) is 34.0 Å². The fraction of sp³-hybridized carbons (Fsp3) is 0.800. The second-order valence-electron chi connectivity index (χ2n) is 4.32. The monoisotopic (exact) mass is 196 g/mol. The van der Waals surface area contributed by atoms with Crippen LogP contribution in [-0.4, -0.2) is 26.8 Å². The third-order valence-electron chi connectivity index (χ3n) is 2.22. The molecule has 0 spiro atoms. The molecule has 1 heterocycles.